The third-order valence-corrected chi connectivity index (χ3v) is 11.7. The van der Waals surface area contributed by atoms with E-state index in [1.165, 1.54) is 17.7 Å². The van der Waals surface area contributed by atoms with Crippen molar-refractivity contribution in [1.29, 1.82) is 0 Å². The van der Waals surface area contributed by atoms with Gasteiger partial charge in [0.05, 0.1) is 11.6 Å². The van der Waals surface area contributed by atoms with Gasteiger partial charge in [0.25, 0.3) is 5.91 Å². The first-order valence-electron chi connectivity index (χ1n) is 18.2. The maximum absolute atomic E-state index is 13.6. The molecule has 256 valence electrons. The molecule has 0 spiro atoms. The average molecular weight is 662 g/mol. The minimum absolute atomic E-state index is 0.125. The lowest BCUT2D eigenvalue weighted by atomic mass is 9.76. The van der Waals surface area contributed by atoms with Crippen molar-refractivity contribution in [3.63, 3.8) is 0 Å². The van der Waals surface area contributed by atoms with Crippen molar-refractivity contribution in [3.05, 3.63) is 65.0 Å². The molecule has 6 heterocycles. The molecular formula is C39H47N7O3. The van der Waals surface area contributed by atoms with Crippen LogP contribution >= 0.6 is 0 Å². The summed E-state index contributed by atoms with van der Waals surface area (Å²) >= 11 is 0. The summed E-state index contributed by atoms with van der Waals surface area (Å²) < 4.78 is 0. The van der Waals surface area contributed by atoms with Crippen molar-refractivity contribution in [2.24, 2.45) is 17.3 Å². The number of carbonyl (C=O) groups excluding carboxylic acids is 3. The summed E-state index contributed by atoms with van der Waals surface area (Å²) in [6.07, 6.45) is 11.6. The molecule has 0 radical (unpaired) electrons. The van der Waals surface area contributed by atoms with Gasteiger partial charge in [-0.15, -0.1) is 0 Å². The number of piperidine rings is 3. The number of aromatic nitrogens is 4. The average Bonchev–Trinajstić information content (AvgIpc) is 3.71. The molecule has 10 nitrogen and oxygen atoms in total. The second-order valence-electron chi connectivity index (χ2n) is 15.7. The summed E-state index contributed by atoms with van der Waals surface area (Å²) in [6.45, 7) is 8.23. The van der Waals surface area contributed by atoms with Gasteiger partial charge < -0.3 is 14.8 Å². The van der Waals surface area contributed by atoms with Crippen LogP contribution < -0.4 is 10.2 Å². The second kappa shape index (κ2) is 12.8. The first-order valence-corrected chi connectivity index (χ1v) is 18.2. The molecule has 3 saturated heterocycles. The van der Waals surface area contributed by atoms with E-state index >= 15 is 0 Å². The van der Waals surface area contributed by atoms with E-state index < -0.39 is 0 Å². The Balaban J connectivity index is 0.820. The van der Waals surface area contributed by atoms with Gasteiger partial charge >= 0.3 is 0 Å². The quantitative estimate of drug-likeness (QED) is 0.213. The van der Waals surface area contributed by atoms with Crippen LogP contribution in [0.2, 0.25) is 0 Å². The molecule has 0 saturated carbocycles. The Morgan fingerprint density at radius 1 is 0.939 bits per heavy atom. The molecule has 3 N–H and O–H groups in total. The number of fused-ring (bicyclic) bond motifs is 2. The van der Waals surface area contributed by atoms with Crippen molar-refractivity contribution in [1.82, 2.24) is 30.4 Å². The number of nitrogens with one attached hydrogen (secondary N) is 3. The molecule has 10 heteroatoms. The molecule has 3 amide bonds. The highest BCUT2D eigenvalue weighted by molar-refractivity contribution is 6.01. The van der Waals surface area contributed by atoms with E-state index in [2.05, 4.69) is 51.3 Å². The highest BCUT2D eigenvalue weighted by atomic mass is 16.2. The summed E-state index contributed by atoms with van der Waals surface area (Å²) in [5.41, 5.74) is 7.51. The SMILES string of the molecule is CC1(C)CCc2c(-c3cc4ccc(C(=O)N5CCC(CC6CCN(c7ccc(C8CCC(=O)NC8=O)cn7)CC6)CC5)cc4[nH]3)n[nH]c2C1. The number of H-pyrrole nitrogens is 2. The van der Waals surface area contributed by atoms with Gasteiger partial charge in [0, 0.05) is 66.5 Å². The van der Waals surface area contributed by atoms with Crippen LogP contribution in [0.4, 0.5) is 5.82 Å². The number of imide groups is 1. The van der Waals surface area contributed by atoms with Crippen molar-refractivity contribution >= 4 is 34.4 Å². The molecule has 4 aromatic rings. The van der Waals surface area contributed by atoms with Crippen molar-refractivity contribution in [2.75, 3.05) is 31.1 Å². The van der Waals surface area contributed by atoms with Gasteiger partial charge in [-0.2, -0.15) is 5.10 Å². The normalized spacial score (nSPS) is 22.0. The number of pyridine rings is 1. The van der Waals surface area contributed by atoms with Crippen LogP contribution in [-0.2, 0) is 22.4 Å². The van der Waals surface area contributed by atoms with Gasteiger partial charge in [-0.3, -0.25) is 24.8 Å². The van der Waals surface area contributed by atoms with E-state index in [1.54, 1.807) is 6.20 Å². The van der Waals surface area contributed by atoms with Crippen LogP contribution in [0.25, 0.3) is 22.3 Å². The Morgan fingerprint density at radius 3 is 2.45 bits per heavy atom. The monoisotopic (exact) mass is 661 g/mol. The zero-order valence-corrected chi connectivity index (χ0v) is 28.7. The molecule has 4 aliphatic rings. The zero-order valence-electron chi connectivity index (χ0n) is 28.7. The summed E-state index contributed by atoms with van der Waals surface area (Å²) in [4.78, 5) is 50.0. The zero-order chi connectivity index (χ0) is 33.7. The largest absolute Gasteiger partial charge is 0.357 e. The van der Waals surface area contributed by atoms with Gasteiger partial charge in [0.2, 0.25) is 11.8 Å². The lowest BCUT2D eigenvalue weighted by Gasteiger charge is -2.37. The van der Waals surface area contributed by atoms with Gasteiger partial charge in [-0.1, -0.05) is 26.0 Å². The molecule has 1 atom stereocenters. The van der Waals surface area contributed by atoms with Crippen LogP contribution in [0.3, 0.4) is 0 Å². The predicted molar refractivity (Wildman–Crippen MR) is 189 cm³/mol. The summed E-state index contributed by atoms with van der Waals surface area (Å²) in [5, 5.41) is 11.5. The predicted octanol–water partition coefficient (Wildman–Crippen LogP) is 6.15. The van der Waals surface area contributed by atoms with Crippen LogP contribution in [0.1, 0.15) is 98.3 Å². The van der Waals surface area contributed by atoms with Gasteiger partial charge in [-0.05, 0) is 105 Å². The number of likely N-dealkylation sites (tertiary alicyclic amines) is 1. The lowest BCUT2D eigenvalue weighted by Crippen LogP contribution is -2.40. The molecular weight excluding hydrogens is 614 g/mol. The van der Waals surface area contributed by atoms with Gasteiger partial charge in [-0.25, -0.2) is 4.98 Å². The first-order chi connectivity index (χ1) is 23.7. The minimum Gasteiger partial charge on any atom is -0.357 e. The highest BCUT2D eigenvalue weighted by Gasteiger charge is 2.31. The molecule has 3 fully saturated rings. The molecule has 49 heavy (non-hydrogen) atoms. The van der Waals surface area contributed by atoms with Crippen LogP contribution in [0.15, 0.2) is 42.6 Å². The topological polar surface area (TPSA) is 127 Å². The van der Waals surface area contributed by atoms with Crippen molar-refractivity contribution in [3.8, 4) is 11.4 Å². The Bertz CT molecular complexity index is 1870. The van der Waals surface area contributed by atoms with Crippen LogP contribution in [-0.4, -0.2) is 69.0 Å². The van der Waals surface area contributed by atoms with E-state index in [4.69, 9.17) is 5.10 Å². The van der Waals surface area contributed by atoms with E-state index in [0.717, 1.165) is 110 Å². The third-order valence-electron chi connectivity index (χ3n) is 11.7. The fraction of sp³-hybridized carbons (Fsp3) is 0.513. The summed E-state index contributed by atoms with van der Waals surface area (Å²) in [5.74, 6) is 1.73. The Hall–Kier alpha value is -4.47. The van der Waals surface area contributed by atoms with Gasteiger partial charge in [0.1, 0.15) is 11.5 Å². The number of aromatic amines is 2. The van der Waals surface area contributed by atoms with Crippen LogP contribution in [0, 0.1) is 17.3 Å². The first kappa shape index (κ1) is 31.8. The number of hydrogen-bond acceptors (Lipinski definition) is 6. The number of benzene rings is 1. The van der Waals surface area contributed by atoms with E-state index in [1.807, 2.05) is 29.2 Å². The maximum Gasteiger partial charge on any atom is 0.253 e. The highest BCUT2D eigenvalue weighted by Crippen LogP contribution is 2.38. The fourth-order valence-corrected chi connectivity index (χ4v) is 8.68. The third kappa shape index (κ3) is 6.49. The molecule has 0 bridgehead atoms. The summed E-state index contributed by atoms with van der Waals surface area (Å²) in [6, 6.07) is 12.2. The number of rotatable bonds is 6. The second-order valence-corrected chi connectivity index (χ2v) is 15.7. The van der Waals surface area contributed by atoms with E-state index in [-0.39, 0.29) is 23.6 Å². The van der Waals surface area contributed by atoms with Crippen molar-refractivity contribution in [2.45, 2.75) is 84.0 Å². The molecule has 8 rings (SSSR count). The maximum atomic E-state index is 13.6. The minimum atomic E-state index is -0.297. The number of nitrogens with zero attached hydrogens (tertiary/aromatic N) is 4. The standard InChI is InChI=1S/C39H47N7O3/c1-39(2)14-9-30-33(22-39)43-44-36(30)32-20-26-3-4-27(21-31(26)41-32)38(49)46-17-12-25(13-18-46)19-24-10-15-45(16-11-24)34-7-5-28(23-40-34)29-6-8-35(47)42-37(29)48/h3-5,7,20-21,23-25,29,41H,6,8-19,22H2,1-2H3,(H,43,44)(H,42,47,48). The van der Waals surface area contributed by atoms with Gasteiger partial charge in [0.15, 0.2) is 0 Å². The summed E-state index contributed by atoms with van der Waals surface area (Å²) in [7, 11) is 0. The van der Waals surface area contributed by atoms with Crippen LogP contribution in [0.5, 0.6) is 0 Å². The Morgan fingerprint density at radius 2 is 1.71 bits per heavy atom. The lowest BCUT2D eigenvalue weighted by molar-refractivity contribution is -0.134. The van der Waals surface area contributed by atoms with Crippen molar-refractivity contribution < 1.29 is 14.4 Å². The number of carbonyl (C=O) groups is 3. The molecule has 3 aliphatic heterocycles. The number of anilines is 1. The van der Waals surface area contributed by atoms with E-state index in [9.17, 15) is 14.4 Å². The van der Waals surface area contributed by atoms with E-state index in [0.29, 0.717) is 30.1 Å². The molecule has 1 unspecified atom stereocenters. The smallest absolute Gasteiger partial charge is 0.253 e. The Labute approximate surface area is 287 Å². The molecule has 3 aromatic heterocycles. The number of hydrogen-bond donors (Lipinski definition) is 3. The fourth-order valence-electron chi connectivity index (χ4n) is 8.68. The Kier molecular flexibility index (Phi) is 8.28. The molecule has 1 aliphatic carbocycles. The molecule has 1 aromatic carbocycles. The number of amides is 3.